The Kier molecular flexibility index (Phi) is 41.3. The number of aliphatic hydroxyl groups is 1. The Bertz CT molecular complexity index is 959. The van der Waals surface area contributed by atoms with Crippen LogP contribution in [0.2, 0.25) is 0 Å². The van der Waals surface area contributed by atoms with Crippen molar-refractivity contribution in [2.24, 2.45) is 5.73 Å². The van der Waals surface area contributed by atoms with Gasteiger partial charge < -0.3 is 21.1 Å². The molecule has 0 radical (unpaired) electrons. The summed E-state index contributed by atoms with van der Waals surface area (Å²) in [6.07, 6.45) is 50.6. The predicted molar refractivity (Wildman–Crippen MR) is 235 cm³/mol. The minimum atomic E-state index is -4.35. The van der Waals surface area contributed by atoms with E-state index in [0.717, 1.165) is 44.9 Å². The molecule has 0 bridgehead atoms. The van der Waals surface area contributed by atoms with Crippen molar-refractivity contribution in [1.82, 2.24) is 5.32 Å². The third kappa shape index (κ3) is 40.7. The van der Waals surface area contributed by atoms with Gasteiger partial charge >= 0.3 is 7.82 Å². The van der Waals surface area contributed by atoms with Crippen LogP contribution in [0, 0.1) is 0 Å². The van der Waals surface area contributed by atoms with Gasteiger partial charge in [-0.3, -0.25) is 13.8 Å². The monoisotopic (exact) mass is 797 g/mol. The third-order valence-corrected chi connectivity index (χ3v) is 11.2. The number of aliphatic hydroxyl groups excluding tert-OH is 1. The van der Waals surface area contributed by atoms with Crippen molar-refractivity contribution in [3.05, 3.63) is 36.5 Å². The molecule has 0 heterocycles. The molecule has 0 aliphatic rings. The molecule has 9 heteroatoms. The van der Waals surface area contributed by atoms with Crippen LogP contribution in [0.25, 0.3) is 0 Å². The highest BCUT2D eigenvalue weighted by Crippen LogP contribution is 2.43. The van der Waals surface area contributed by atoms with Gasteiger partial charge in [0, 0.05) is 13.0 Å². The summed E-state index contributed by atoms with van der Waals surface area (Å²) < 4.78 is 22.1. The highest BCUT2D eigenvalue weighted by Gasteiger charge is 2.26. The SMILES string of the molecule is CCCCCC/C=C/CC/C=C/CC/C=C/C(O)C(COP(=O)(O)OCCN)NC(=O)CCCCCCCCCCCCCCCCCCCCCCCC. The number of nitrogens with two attached hydrogens (primary N) is 1. The summed E-state index contributed by atoms with van der Waals surface area (Å²) in [5, 5.41) is 13.6. The molecule has 0 aromatic rings. The molecule has 0 aromatic heterocycles. The Morgan fingerprint density at radius 2 is 0.964 bits per heavy atom. The predicted octanol–water partition coefficient (Wildman–Crippen LogP) is 13.1. The van der Waals surface area contributed by atoms with E-state index in [9.17, 15) is 19.4 Å². The molecule has 3 atom stereocenters. The minimum Gasteiger partial charge on any atom is -0.387 e. The topological polar surface area (TPSA) is 131 Å². The van der Waals surface area contributed by atoms with Gasteiger partial charge in [0.1, 0.15) is 0 Å². The average Bonchev–Trinajstić information content (AvgIpc) is 3.17. The molecule has 0 fully saturated rings. The summed E-state index contributed by atoms with van der Waals surface area (Å²) in [6.45, 7) is 4.10. The zero-order valence-electron chi connectivity index (χ0n) is 35.9. The summed E-state index contributed by atoms with van der Waals surface area (Å²) in [4.78, 5) is 22.7. The zero-order valence-corrected chi connectivity index (χ0v) is 36.8. The number of amides is 1. The Hall–Kier alpha value is -1.28. The van der Waals surface area contributed by atoms with E-state index in [1.54, 1.807) is 6.08 Å². The van der Waals surface area contributed by atoms with E-state index < -0.39 is 20.0 Å². The summed E-state index contributed by atoms with van der Waals surface area (Å²) in [6, 6.07) is -0.880. The van der Waals surface area contributed by atoms with Crippen molar-refractivity contribution in [1.29, 1.82) is 0 Å². The van der Waals surface area contributed by atoms with E-state index in [2.05, 4.69) is 43.5 Å². The van der Waals surface area contributed by atoms with Gasteiger partial charge in [0.25, 0.3) is 0 Å². The van der Waals surface area contributed by atoms with Gasteiger partial charge in [-0.05, 0) is 44.9 Å². The normalized spacial score (nSPS) is 14.3. The largest absolute Gasteiger partial charge is 0.472 e. The van der Waals surface area contributed by atoms with Crippen LogP contribution in [0.1, 0.15) is 219 Å². The Labute approximate surface area is 340 Å². The first-order chi connectivity index (χ1) is 26.9. The molecule has 0 rings (SSSR count). The molecular formula is C46H89N2O6P. The van der Waals surface area contributed by atoms with Gasteiger partial charge in [0.15, 0.2) is 0 Å². The number of hydrogen-bond donors (Lipinski definition) is 4. The third-order valence-electron chi connectivity index (χ3n) is 10.2. The fraction of sp³-hybridized carbons (Fsp3) is 0.848. The van der Waals surface area contributed by atoms with E-state index in [-0.39, 0.29) is 25.7 Å². The number of rotatable bonds is 43. The molecule has 0 saturated carbocycles. The van der Waals surface area contributed by atoms with Crippen LogP contribution in [0.5, 0.6) is 0 Å². The lowest BCUT2D eigenvalue weighted by molar-refractivity contribution is -0.123. The quantitative estimate of drug-likeness (QED) is 0.0274. The van der Waals surface area contributed by atoms with Gasteiger partial charge in [0.2, 0.25) is 5.91 Å². The summed E-state index contributed by atoms with van der Waals surface area (Å²) in [5.74, 6) is -0.206. The molecule has 0 aromatic carbocycles. The fourth-order valence-electron chi connectivity index (χ4n) is 6.69. The van der Waals surface area contributed by atoms with Crippen molar-refractivity contribution in [3.63, 3.8) is 0 Å². The van der Waals surface area contributed by atoms with E-state index in [1.165, 1.54) is 154 Å². The number of hydrogen-bond acceptors (Lipinski definition) is 6. The lowest BCUT2D eigenvalue weighted by atomic mass is 10.0. The van der Waals surface area contributed by atoms with Crippen LogP contribution in [-0.2, 0) is 18.4 Å². The smallest absolute Gasteiger partial charge is 0.387 e. The minimum absolute atomic E-state index is 0.0727. The van der Waals surface area contributed by atoms with Gasteiger partial charge in [0.05, 0.1) is 25.4 Å². The Morgan fingerprint density at radius 1 is 0.582 bits per heavy atom. The number of carbonyl (C=O) groups is 1. The number of nitrogens with one attached hydrogen (secondary N) is 1. The van der Waals surface area contributed by atoms with Crippen LogP contribution in [-0.4, -0.2) is 47.8 Å². The molecule has 0 aliphatic heterocycles. The molecule has 1 amide bonds. The second-order valence-corrected chi connectivity index (χ2v) is 17.1. The number of carbonyl (C=O) groups excluding carboxylic acids is 1. The Balaban J connectivity index is 4.13. The van der Waals surface area contributed by atoms with Crippen molar-refractivity contribution in [3.8, 4) is 0 Å². The van der Waals surface area contributed by atoms with Crippen LogP contribution in [0.3, 0.4) is 0 Å². The molecular weight excluding hydrogens is 707 g/mol. The molecule has 3 unspecified atom stereocenters. The molecule has 0 saturated heterocycles. The molecule has 55 heavy (non-hydrogen) atoms. The van der Waals surface area contributed by atoms with Gasteiger partial charge in [-0.15, -0.1) is 0 Å². The molecule has 324 valence electrons. The van der Waals surface area contributed by atoms with Crippen LogP contribution in [0.4, 0.5) is 0 Å². The number of allylic oxidation sites excluding steroid dienone is 5. The van der Waals surface area contributed by atoms with Crippen molar-refractivity contribution >= 4 is 13.7 Å². The Morgan fingerprint density at radius 3 is 1.40 bits per heavy atom. The standard InChI is InChI=1S/C46H89N2O6P/c1-3-5-7-9-11-13-15-17-19-20-21-22-23-24-25-26-28-30-32-34-36-38-40-46(50)48-44(43-54-55(51,52)53-42-41-47)45(49)39-37-35-33-31-29-27-18-16-14-12-10-8-6-4-2/h14,16,29,31,37,39,44-45,49H,3-13,15,17-28,30,32-36,38,40-43,47H2,1-2H3,(H,48,50)(H,51,52)/b16-14+,31-29+,39-37+. The van der Waals surface area contributed by atoms with E-state index in [1.807, 2.05) is 6.08 Å². The second kappa shape index (κ2) is 42.3. The van der Waals surface area contributed by atoms with Gasteiger partial charge in [-0.1, -0.05) is 204 Å². The van der Waals surface area contributed by atoms with E-state index >= 15 is 0 Å². The first-order valence-electron chi connectivity index (χ1n) is 23.1. The van der Waals surface area contributed by atoms with E-state index in [4.69, 9.17) is 14.8 Å². The lowest BCUT2D eigenvalue weighted by Gasteiger charge is -2.23. The number of phosphoric acid groups is 1. The van der Waals surface area contributed by atoms with Gasteiger partial charge in [-0.2, -0.15) is 0 Å². The highest BCUT2D eigenvalue weighted by atomic mass is 31.2. The average molecular weight is 797 g/mol. The lowest BCUT2D eigenvalue weighted by Crippen LogP contribution is -2.45. The fourth-order valence-corrected chi connectivity index (χ4v) is 7.45. The summed E-state index contributed by atoms with van der Waals surface area (Å²) >= 11 is 0. The van der Waals surface area contributed by atoms with Crippen molar-refractivity contribution in [2.75, 3.05) is 19.8 Å². The van der Waals surface area contributed by atoms with Crippen LogP contribution >= 0.6 is 7.82 Å². The number of phosphoric ester groups is 1. The summed E-state index contributed by atoms with van der Waals surface area (Å²) in [5.41, 5.74) is 5.37. The second-order valence-electron chi connectivity index (χ2n) is 15.6. The zero-order chi connectivity index (χ0) is 40.3. The van der Waals surface area contributed by atoms with Crippen molar-refractivity contribution in [2.45, 2.75) is 231 Å². The first-order valence-corrected chi connectivity index (χ1v) is 24.6. The summed E-state index contributed by atoms with van der Waals surface area (Å²) in [7, 11) is -4.35. The molecule has 0 aliphatic carbocycles. The van der Waals surface area contributed by atoms with Gasteiger partial charge in [-0.25, -0.2) is 4.57 Å². The molecule has 0 spiro atoms. The van der Waals surface area contributed by atoms with Crippen molar-refractivity contribution < 1.29 is 28.4 Å². The van der Waals surface area contributed by atoms with Crippen LogP contribution in [0.15, 0.2) is 36.5 Å². The maximum Gasteiger partial charge on any atom is 0.472 e. The maximum absolute atomic E-state index is 12.8. The van der Waals surface area contributed by atoms with E-state index in [0.29, 0.717) is 6.42 Å². The number of unbranched alkanes of at least 4 members (excludes halogenated alkanes) is 27. The molecule has 5 N–H and O–H groups in total. The highest BCUT2D eigenvalue weighted by molar-refractivity contribution is 7.47. The van der Waals surface area contributed by atoms with Crippen LogP contribution < -0.4 is 11.1 Å². The molecule has 8 nitrogen and oxygen atoms in total. The maximum atomic E-state index is 12.8. The first kappa shape index (κ1) is 53.7.